The smallest absolute Gasteiger partial charge is 0.143 e. The summed E-state index contributed by atoms with van der Waals surface area (Å²) in [7, 11) is 0. The second kappa shape index (κ2) is 6.55. The van der Waals surface area contributed by atoms with Crippen LogP contribution in [0.1, 0.15) is 17.8 Å². The molecule has 0 aliphatic carbocycles. The lowest BCUT2D eigenvalue weighted by Crippen LogP contribution is -1.98. The number of nitrogens with two attached hydrogens (primary N) is 1. The Labute approximate surface area is 126 Å². The van der Waals surface area contributed by atoms with Gasteiger partial charge >= 0.3 is 0 Å². The van der Waals surface area contributed by atoms with Crippen LogP contribution in [0, 0.1) is 0 Å². The molecule has 0 saturated carbocycles. The van der Waals surface area contributed by atoms with Crippen molar-refractivity contribution in [1.29, 1.82) is 0 Å². The van der Waals surface area contributed by atoms with Gasteiger partial charge in [-0.2, -0.15) is 0 Å². The minimum absolute atomic E-state index is 0.742. The highest BCUT2D eigenvalue weighted by Crippen LogP contribution is 2.24. The van der Waals surface area contributed by atoms with Gasteiger partial charge in [-0.3, -0.25) is 0 Å². The molecule has 7 heteroatoms. The van der Waals surface area contributed by atoms with Gasteiger partial charge in [-0.25, -0.2) is 9.67 Å². The molecule has 108 valence electrons. The van der Waals surface area contributed by atoms with Crippen LogP contribution >= 0.6 is 11.3 Å². The minimum Gasteiger partial charge on any atom is -0.330 e. The number of hydrogen-bond donors (Lipinski definition) is 1. The summed E-state index contributed by atoms with van der Waals surface area (Å²) in [5.74, 6) is 0. The molecule has 0 spiro atoms. The van der Waals surface area contributed by atoms with E-state index in [4.69, 9.17) is 10.7 Å². The van der Waals surface area contributed by atoms with E-state index in [-0.39, 0.29) is 0 Å². The molecular formula is C14H16N6S. The summed E-state index contributed by atoms with van der Waals surface area (Å²) >= 11 is 1.70. The van der Waals surface area contributed by atoms with Gasteiger partial charge in [-0.15, -0.1) is 16.4 Å². The van der Waals surface area contributed by atoms with Gasteiger partial charge in [0.2, 0.25) is 0 Å². The van der Waals surface area contributed by atoms with Crippen molar-refractivity contribution in [3.05, 3.63) is 41.0 Å². The van der Waals surface area contributed by atoms with E-state index in [0.29, 0.717) is 0 Å². The molecule has 21 heavy (non-hydrogen) atoms. The molecule has 0 bridgehead atoms. The first-order valence-corrected chi connectivity index (χ1v) is 7.73. The zero-order valence-electron chi connectivity index (χ0n) is 11.5. The van der Waals surface area contributed by atoms with E-state index in [9.17, 15) is 0 Å². The van der Waals surface area contributed by atoms with Crippen molar-refractivity contribution >= 4 is 11.3 Å². The fraction of sp³-hybridized carbons (Fsp3) is 0.286. The molecule has 1 aromatic carbocycles. The fourth-order valence-corrected chi connectivity index (χ4v) is 2.92. The van der Waals surface area contributed by atoms with E-state index < -0.39 is 0 Å². The van der Waals surface area contributed by atoms with Crippen molar-refractivity contribution in [3.63, 3.8) is 0 Å². The van der Waals surface area contributed by atoms with Gasteiger partial charge in [-0.05, 0) is 48.4 Å². The van der Waals surface area contributed by atoms with Gasteiger partial charge in [0.05, 0.1) is 16.4 Å². The Hall–Kier alpha value is -2.12. The molecule has 0 aliphatic heterocycles. The van der Waals surface area contributed by atoms with Crippen molar-refractivity contribution in [1.82, 2.24) is 25.2 Å². The van der Waals surface area contributed by atoms with Crippen LogP contribution in [0.4, 0.5) is 0 Å². The number of aromatic nitrogens is 5. The van der Waals surface area contributed by atoms with E-state index in [1.54, 1.807) is 22.3 Å². The van der Waals surface area contributed by atoms with Crippen LogP contribution in [0.25, 0.3) is 16.9 Å². The molecule has 0 radical (unpaired) electrons. The molecule has 0 unspecified atom stereocenters. The zero-order chi connectivity index (χ0) is 14.5. The maximum Gasteiger partial charge on any atom is 0.143 e. The summed E-state index contributed by atoms with van der Waals surface area (Å²) in [6, 6.07) is 8.04. The van der Waals surface area contributed by atoms with E-state index in [0.717, 1.165) is 47.8 Å². The van der Waals surface area contributed by atoms with Crippen LogP contribution in [0.15, 0.2) is 36.0 Å². The highest BCUT2D eigenvalue weighted by Gasteiger charge is 2.06. The van der Waals surface area contributed by atoms with Crippen LogP contribution in [0.3, 0.4) is 0 Å². The number of unbranched alkanes of at least 4 members (excludes halogenated alkanes) is 1. The van der Waals surface area contributed by atoms with Crippen molar-refractivity contribution in [2.24, 2.45) is 5.73 Å². The number of tetrazole rings is 1. The number of aryl methyl sites for hydroxylation is 1. The highest BCUT2D eigenvalue weighted by molar-refractivity contribution is 7.09. The molecule has 0 amide bonds. The molecule has 3 aromatic rings. The Balaban J connectivity index is 1.79. The number of nitrogens with zero attached hydrogens (tertiary/aromatic N) is 5. The average molecular weight is 300 g/mol. The Kier molecular flexibility index (Phi) is 4.32. The summed E-state index contributed by atoms with van der Waals surface area (Å²) in [4.78, 5) is 4.69. The molecule has 0 saturated heterocycles. The Morgan fingerprint density at radius 1 is 1.24 bits per heavy atom. The lowest BCUT2D eigenvalue weighted by Gasteiger charge is -2.02. The highest BCUT2D eigenvalue weighted by atomic mass is 32.1. The molecule has 3 rings (SSSR count). The van der Waals surface area contributed by atoms with Gasteiger partial charge in [0, 0.05) is 10.9 Å². The lowest BCUT2D eigenvalue weighted by atomic mass is 10.1. The number of rotatable bonds is 6. The second-order valence-corrected chi connectivity index (χ2v) is 5.62. The third kappa shape index (κ3) is 3.32. The van der Waals surface area contributed by atoms with Crippen LogP contribution in [0.2, 0.25) is 0 Å². The summed E-state index contributed by atoms with van der Waals surface area (Å²) in [6.45, 7) is 0.742. The van der Waals surface area contributed by atoms with Crippen molar-refractivity contribution in [2.45, 2.75) is 19.3 Å². The van der Waals surface area contributed by atoms with Gasteiger partial charge < -0.3 is 5.73 Å². The Morgan fingerprint density at radius 2 is 2.19 bits per heavy atom. The SMILES string of the molecule is NCCCCc1nc(-c2cccc(-n3cnnn3)c2)cs1. The topological polar surface area (TPSA) is 82.5 Å². The van der Waals surface area contributed by atoms with Crippen LogP contribution in [-0.4, -0.2) is 31.7 Å². The van der Waals surface area contributed by atoms with Crippen molar-refractivity contribution < 1.29 is 0 Å². The molecule has 2 heterocycles. The lowest BCUT2D eigenvalue weighted by molar-refractivity contribution is 0.742. The monoisotopic (exact) mass is 300 g/mol. The van der Waals surface area contributed by atoms with E-state index in [2.05, 4.69) is 20.9 Å². The van der Waals surface area contributed by atoms with Gasteiger partial charge in [0.25, 0.3) is 0 Å². The normalized spacial score (nSPS) is 10.9. The first-order chi connectivity index (χ1) is 10.4. The van der Waals surface area contributed by atoms with Crippen molar-refractivity contribution in [2.75, 3.05) is 6.54 Å². The third-order valence-corrected chi connectivity index (χ3v) is 4.06. The fourth-order valence-electron chi connectivity index (χ4n) is 2.07. The number of benzene rings is 1. The minimum atomic E-state index is 0.742. The van der Waals surface area contributed by atoms with E-state index in [1.807, 2.05) is 24.3 Å². The molecule has 6 nitrogen and oxygen atoms in total. The van der Waals surface area contributed by atoms with Gasteiger partial charge in [-0.1, -0.05) is 12.1 Å². The molecule has 0 aliphatic rings. The first-order valence-electron chi connectivity index (χ1n) is 6.85. The van der Waals surface area contributed by atoms with Crippen molar-refractivity contribution in [3.8, 4) is 16.9 Å². The van der Waals surface area contributed by atoms with Crippen LogP contribution in [-0.2, 0) is 6.42 Å². The summed E-state index contributed by atoms with van der Waals surface area (Å²) in [6.07, 6.45) is 4.71. The van der Waals surface area contributed by atoms with Crippen LogP contribution in [0.5, 0.6) is 0 Å². The van der Waals surface area contributed by atoms with E-state index in [1.165, 1.54) is 0 Å². The molecular weight excluding hydrogens is 284 g/mol. The quantitative estimate of drug-likeness (QED) is 0.705. The molecule has 0 atom stereocenters. The van der Waals surface area contributed by atoms with Crippen LogP contribution < -0.4 is 5.73 Å². The Morgan fingerprint density at radius 3 is 3.00 bits per heavy atom. The zero-order valence-corrected chi connectivity index (χ0v) is 12.3. The number of thiazole rings is 1. The van der Waals surface area contributed by atoms with Gasteiger partial charge in [0.1, 0.15) is 6.33 Å². The van der Waals surface area contributed by atoms with Gasteiger partial charge in [0.15, 0.2) is 0 Å². The molecule has 2 N–H and O–H groups in total. The molecule has 0 fully saturated rings. The summed E-state index contributed by atoms with van der Waals surface area (Å²) in [5, 5.41) is 14.5. The molecule has 2 aromatic heterocycles. The average Bonchev–Trinajstić information content (AvgIpc) is 3.20. The Bertz CT molecular complexity index is 691. The maximum absolute atomic E-state index is 5.52. The van der Waals surface area contributed by atoms with E-state index >= 15 is 0 Å². The standard InChI is InChI=1S/C14H16N6S/c15-7-2-1-6-14-17-13(9-21-14)11-4-3-5-12(8-11)20-10-16-18-19-20/h3-5,8-10H,1-2,6-7,15H2. The second-order valence-electron chi connectivity index (χ2n) is 4.68. The number of hydrogen-bond acceptors (Lipinski definition) is 6. The summed E-state index contributed by atoms with van der Waals surface area (Å²) in [5.41, 5.74) is 8.51. The summed E-state index contributed by atoms with van der Waals surface area (Å²) < 4.78 is 1.64. The third-order valence-electron chi connectivity index (χ3n) is 3.15. The predicted molar refractivity (Wildman–Crippen MR) is 82.3 cm³/mol. The largest absolute Gasteiger partial charge is 0.330 e. The first kappa shape index (κ1) is 13.8. The predicted octanol–water partition coefficient (Wildman–Crippen LogP) is 2.07. The maximum atomic E-state index is 5.52.